The zero-order valence-corrected chi connectivity index (χ0v) is 26.6. The average Bonchev–Trinajstić information content (AvgIpc) is 3.83. The Morgan fingerprint density at radius 1 is 0.894 bits per heavy atom. The molecule has 2 saturated heterocycles. The minimum absolute atomic E-state index is 0.0776. The highest BCUT2D eigenvalue weighted by molar-refractivity contribution is 5.94. The predicted octanol–water partition coefficient (Wildman–Crippen LogP) is 2.51. The smallest absolute Gasteiger partial charge is 0.247 e. The van der Waals surface area contributed by atoms with Crippen LogP contribution in [0.4, 0.5) is 15.8 Å². The summed E-state index contributed by atoms with van der Waals surface area (Å²) in [5.74, 6) is -1.27. The topological polar surface area (TPSA) is 127 Å². The van der Waals surface area contributed by atoms with Gasteiger partial charge in [-0.3, -0.25) is 19.3 Å². The van der Waals surface area contributed by atoms with E-state index in [0.717, 1.165) is 46.6 Å². The van der Waals surface area contributed by atoms with E-state index in [0.29, 0.717) is 42.7 Å². The van der Waals surface area contributed by atoms with Crippen LogP contribution < -0.4 is 31.9 Å². The number of nitrogens with zero attached hydrogens (tertiary/aromatic N) is 1. The largest absolute Gasteiger partial charge is 0.373 e. The van der Waals surface area contributed by atoms with E-state index in [1.165, 1.54) is 0 Å². The molecular formula is C36H40FN7O3. The first-order chi connectivity index (χ1) is 22.7. The molecule has 6 atom stereocenters. The summed E-state index contributed by atoms with van der Waals surface area (Å²) in [6, 6.07) is 13.4. The summed E-state index contributed by atoms with van der Waals surface area (Å²) in [4.78, 5) is 42.3. The minimum Gasteiger partial charge on any atom is -0.373 e. The second-order valence-corrected chi connectivity index (χ2v) is 13.6. The number of hydrogen-bond donors (Lipinski definition) is 6. The zero-order chi connectivity index (χ0) is 32.4. The summed E-state index contributed by atoms with van der Waals surface area (Å²) in [6.07, 6.45) is 1.55. The number of hydrogen-bond acceptors (Lipinski definition) is 7. The summed E-state index contributed by atoms with van der Waals surface area (Å²) in [6.45, 7) is 6.74. The highest BCUT2D eigenvalue weighted by atomic mass is 19.1. The lowest BCUT2D eigenvalue weighted by Gasteiger charge is -2.41. The van der Waals surface area contributed by atoms with E-state index in [1.807, 2.05) is 56.3 Å². The Hall–Kier alpha value is -4.48. The Morgan fingerprint density at radius 2 is 1.66 bits per heavy atom. The van der Waals surface area contributed by atoms with Crippen molar-refractivity contribution in [1.82, 2.24) is 26.2 Å². The molecule has 2 fully saturated rings. The van der Waals surface area contributed by atoms with Crippen molar-refractivity contribution < 1.29 is 18.8 Å². The van der Waals surface area contributed by atoms with Gasteiger partial charge in [0.05, 0.1) is 6.17 Å². The lowest BCUT2D eigenvalue weighted by Crippen LogP contribution is -2.57. The molecule has 0 aliphatic carbocycles. The Kier molecular flexibility index (Phi) is 7.40. The van der Waals surface area contributed by atoms with Crippen molar-refractivity contribution in [2.45, 2.75) is 75.9 Å². The van der Waals surface area contributed by atoms with Gasteiger partial charge in [0.15, 0.2) is 0 Å². The van der Waals surface area contributed by atoms with Crippen LogP contribution in [-0.2, 0) is 33.8 Å². The van der Waals surface area contributed by atoms with Crippen LogP contribution >= 0.6 is 0 Å². The SMILES string of the molecule is Cc1cccc2c1NC(C(=O)NC1CN3CCNC3CC1c1cc(C)c3c(c1F)CC(C(=O)NC1C(=O)NCc4ccccc41)N3)C2. The number of carbonyl (C=O) groups is 3. The summed E-state index contributed by atoms with van der Waals surface area (Å²) < 4.78 is 16.7. The van der Waals surface area contributed by atoms with Gasteiger partial charge < -0.3 is 31.9 Å². The highest BCUT2D eigenvalue weighted by Gasteiger charge is 2.43. The molecular weight excluding hydrogens is 597 g/mol. The first-order valence-electron chi connectivity index (χ1n) is 16.6. The van der Waals surface area contributed by atoms with Crippen LogP contribution in [0.15, 0.2) is 48.5 Å². The predicted molar refractivity (Wildman–Crippen MR) is 176 cm³/mol. The van der Waals surface area contributed by atoms with Crippen molar-refractivity contribution in [2.75, 3.05) is 30.3 Å². The van der Waals surface area contributed by atoms with E-state index in [4.69, 9.17) is 0 Å². The molecule has 5 aliphatic heterocycles. The molecule has 0 saturated carbocycles. The highest BCUT2D eigenvalue weighted by Crippen LogP contribution is 2.41. The normalized spacial score (nSPS) is 27.4. The van der Waals surface area contributed by atoms with Gasteiger partial charge >= 0.3 is 0 Å². The van der Waals surface area contributed by atoms with Gasteiger partial charge in [0.1, 0.15) is 23.9 Å². The van der Waals surface area contributed by atoms with Gasteiger partial charge in [0.2, 0.25) is 17.7 Å². The lowest BCUT2D eigenvalue weighted by molar-refractivity contribution is -0.130. The van der Waals surface area contributed by atoms with Gasteiger partial charge in [-0.25, -0.2) is 4.39 Å². The maximum Gasteiger partial charge on any atom is 0.247 e. The average molecular weight is 638 g/mol. The van der Waals surface area contributed by atoms with Crippen LogP contribution in [0.1, 0.15) is 57.3 Å². The van der Waals surface area contributed by atoms with Crippen LogP contribution in [0.2, 0.25) is 0 Å². The molecule has 6 unspecified atom stereocenters. The van der Waals surface area contributed by atoms with Gasteiger partial charge in [-0.05, 0) is 53.6 Å². The number of carbonyl (C=O) groups excluding carboxylic acids is 3. The fraction of sp³-hybridized carbons (Fsp3) is 0.417. The standard InChI is InChI=1S/C36H40FN7O3/c1-18-6-5-8-20-13-26(40-31(18)20)34(45)42-28-17-44-11-10-38-29(44)15-23(28)24-12-19(2)32-25(30(24)37)14-27(41-32)35(46)43-33-22-9-4-3-7-21(22)16-39-36(33)47/h3-9,12,23,26-29,33,38,40-41H,10-11,13-17H2,1-2H3,(H,39,47)(H,42,45)(H,43,46). The molecule has 244 valence electrons. The van der Waals surface area contributed by atoms with Crippen LogP contribution in [-0.4, -0.2) is 66.5 Å². The molecule has 0 radical (unpaired) electrons. The molecule has 5 heterocycles. The molecule has 8 rings (SSSR count). The number of rotatable bonds is 5. The number of aryl methyl sites for hydroxylation is 2. The number of nitrogens with one attached hydrogen (secondary N) is 6. The molecule has 10 nitrogen and oxygen atoms in total. The van der Waals surface area contributed by atoms with Crippen molar-refractivity contribution in [3.05, 3.63) is 93.3 Å². The third-order valence-electron chi connectivity index (χ3n) is 10.8. The van der Waals surface area contributed by atoms with E-state index in [9.17, 15) is 14.4 Å². The third-order valence-corrected chi connectivity index (χ3v) is 10.8. The number of amides is 3. The number of para-hydroxylation sites is 1. The summed E-state index contributed by atoms with van der Waals surface area (Å²) in [7, 11) is 0. The first-order valence-corrected chi connectivity index (χ1v) is 16.6. The zero-order valence-electron chi connectivity index (χ0n) is 26.6. The van der Waals surface area contributed by atoms with E-state index >= 15 is 4.39 Å². The molecule has 11 heteroatoms. The van der Waals surface area contributed by atoms with Gasteiger partial charge in [-0.1, -0.05) is 48.5 Å². The van der Waals surface area contributed by atoms with Crippen molar-refractivity contribution in [2.24, 2.45) is 0 Å². The van der Waals surface area contributed by atoms with Crippen LogP contribution in [0.3, 0.4) is 0 Å². The van der Waals surface area contributed by atoms with E-state index in [2.05, 4.69) is 42.9 Å². The Balaban J connectivity index is 1.03. The van der Waals surface area contributed by atoms with E-state index in [-0.39, 0.29) is 54.1 Å². The summed E-state index contributed by atoms with van der Waals surface area (Å²) in [5.41, 5.74) is 7.53. The molecule has 47 heavy (non-hydrogen) atoms. The second-order valence-electron chi connectivity index (χ2n) is 13.6. The molecule has 5 aliphatic rings. The number of piperidine rings is 1. The number of fused-ring (bicyclic) bond motifs is 4. The molecule has 3 aromatic rings. The molecule has 3 amide bonds. The molecule has 0 aromatic heterocycles. The van der Waals surface area contributed by atoms with Crippen molar-refractivity contribution >= 4 is 29.1 Å². The Morgan fingerprint density at radius 3 is 2.51 bits per heavy atom. The number of benzene rings is 3. The van der Waals surface area contributed by atoms with Crippen molar-refractivity contribution in [3.8, 4) is 0 Å². The third kappa shape index (κ3) is 5.21. The molecule has 3 aromatic carbocycles. The molecule has 0 bridgehead atoms. The van der Waals surface area contributed by atoms with Crippen molar-refractivity contribution in [1.29, 1.82) is 0 Å². The van der Waals surface area contributed by atoms with Gasteiger partial charge in [0, 0.05) is 67.9 Å². The summed E-state index contributed by atoms with van der Waals surface area (Å²) in [5, 5.41) is 19.3. The Bertz CT molecular complexity index is 1800. The maximum atomic E-state index is 16.7. The van der Waals surface area contributed by atoms with Crippen LogP contribution in [0.5, 0.6) is 0 Å². The second kappa shape index (κ2) is 11.6. The van der Waals surface area contributed by atoms with Gasteiger partial charge in [-0.15, -0.1) is 0 Å². The molecule has 0 spiro atoms. The van der Waals surface area contributed by atoms with Gasteiger partial charge in [-0.2, -0.15) is 0 Å². The minimum atomic E-state index is -0.806. The Labute approximate surface area is 273 Å². The maximum absolute atomic E-state index is 16.7. The fourth-order valence-electron chi connectivity index (χ4n) is 8.31. The number of halogens is 1. The van der Waals surface area contributed by atoms with Crippen LogP contribution in [0, 0.1) is 19.7 Å². The molecule has 6 N–H and O–H groups in total. The number of anilines is 2. The fourth-order valence-corrected chi connectivity index (χ4v) is 8.31. The lowest BCUT2D eigenvalue weighted by atomic mass is 9.81. The monoisotopic (exact) mass is 637 g/mol. The van der Waals surface area contributed by atoms with Crippen molar-refractivity contribution in [3.63, 3.8) is 0 Å². The summed E-state index contributed by atoms with van der Waals surface area (Å²) >= 11 is 0. The van der Waals surface area contributed by atoms with E-state index in [1.54, 1.807) is 0 Å². The first kappa shape index (κ1) is 29.9. The quantitative estimate of drug-likeness (QED) is 0.254. The van der Waals surface area contributed by atoms with Gasteiger partial charge in [0.25, 0.3) is 0 Å². The van der Waals surface area contributed by atoms with E-state index < -0.39 is 12.1 Å². The van der Waals surface area contributed by atoms with Crippen LogP contribution in [0.25, 0.3) is 0 Å².